The number of nitrogens with zero attached hydrogens (tertiary/aromatic N) is 2. The average Bonchev–Trinajstić information content (AvgIpc) is 2.56. The van der Waals surface area contributed by atoms with Crippen molar-refractivity contribution < 1.29 is 19.0 Å². The Morgan fingerprint density at radius 1 is 1.36 bits per heavy atom. The van der Waals surface area contributed by atoms with E-state index in [4.69, 9.17) is 14.2 Å². The fourth-order valence-corrected chi connectivity index (χ4v) is 2.69. The highest BCUT2D eigenvalue weighted by Gasteiger charge is 2.27. The minimum Gasteiger partial charge on any atom is -0.469 e. The van der Waals surface area contributed by atoms with Crippen LogP contribution in [0.5, 0.6) is 0 Å². The first-order valence-electron chi connectivity index (χ1n) is 7.47. The molecule has 2 rings (SSSR count). The monoisotopic (exact) mass is 427 g/mol. The number of carbonyl (C=O) groups excluding carboxylic acids is 1. The van der Waals surface area contributed by atoms with E-state index in [-0.39, 0.29) is 42.0 Å². The lowest BCUT2D eigenvalue weighted by Gasteiger charge is -2.34. The molecule has 2 aliphatic heterocycles. The average molecular weight is 427 g/mol. The van der Waals surface area contributed by atoms with E-state index in [1.165, 1.54) is 7.11 Å². The zero-order valence-electron chi connectivity index (χ0n) is 13.2. The van der Waals surface area contributed by atoms with Crippen molar-refractivity contribution in [3.05, 3.63) is 0 Å². The van der Waals surface area contributed by atoms with Gasteiger partial charge >= 0.3 is 5.97 Å². The van der Waals surface area contributed by atoms with Crippen molar-refractivity contribution in [2.45, 2.75) is 18.9 Å². The molecular weight excluding hydrogens is 401 g/mol. The fourth-order valence-electron chi connectivity index (χ4n) is 2.69. The number of aliphatic imine (C=N–C) groups is 1. The van der Waals surface area contributed by atoms with Gasteiger partial charge in [-0.2, -0.15) is 0 Å². The van der Waals surface area contributed by atoms with Crippen LogP contribution in [-0.4, -0.2) is 76.5 Å². The van der Waals surface area contributed by atoms with Gasteiger partial charge in [0.2, 0.25) is 0 Å². The van der Waals surface area contributed by atoms with Gasteiger partial charge in [-0.25, -0.2) is 0 Å². The molecule has 2 aliphatic rings. The topological polar surface area (TPSA) is 72.4 Å². The molecule has 0 saturated carbocycles. The lowest BCUT2D eigenvalue weighted by atomic mass is 9.97. The van der Waals surface area contributed by atoms with Crippen LogP contribution in [0.4, 0.5) is 0 Å². The van der Waals surface area contributed by atoms with Crippen LogP contribution in [0.25, 0.3) is 0 Å². The van der Waals surface area contributed by atoms with E-state index >= 15 is 0 Å². The molecule has 22 heavy (non-hydrogen) atoms. The molecule has 2 saturated heterocycles. The number of hydrogen-bond acceptors (Lipinski definition) is 5. The van der Waals surface area contributed by atoms with Crippen LogP contribution in [0.15, 0.2) is 4.99 Å². The predicted octanol–water partition coefficient (Wildman–Crippen LogP) is 0.480. The highest BCUT2D eigenvalue weighted by Crippen LogP contribution is 2.18. The van der Waals surface area contributed by atoms with E-state index < -0.39 is 0 Å². The Hall–Kier alpha value is -0.610. The lowest BCUT2D eigenvalue weighted by molar-refractivity contribution is -0.146. The number of ether oxygens (including phenoxy) is 3. The smallest absolute Gasteiger partial charge is 0.308 e. The van der Waals surface area contributed by atoms with E-state index in [0.29, 0.717) is 26.4 Å². The highest BCUT2D eigenvalue weighted by atomic mass is 127. The Kier molecular flexibility index (Phi) is 9.03. The predicted molar refractivity (Wildman–Crippen MR) is 93.6 cm³/mol. The molecule has 0 aliphatic carbocycles. The summed E-state index contributed by atoms with van der Waals surface area (Å²) in [6.07, 6.45) is 1.68. The van der Waals surface area contributed by atoms with Gasteiger partial charge in [-0.1, -0.05) is 0 Å². The third kappa shape index (κ3) is 5.54. The molecule has 0 aromatic heterocycles. The first-order chi connectivity index (χ1) is 10.2. The van der Waals surface area contributed by atoms with Crippen LogP contribution in [0, 0.1) is 5.92 Å². The molecule has 0 spiro atoms. The van der Waals surface area contributed by atoms with Crippen LogP contribution >= 0.6 is 24.0 Å². The van der Waals surface area contributed by atoms with E-state index in [9.17, 15) is 4.79 Å². The number of halogens is 1. The molecule has 2 fully saturated rings. The maximum Gasteiger partial charge on any atom is 0.308 e. The zero-order chi connectivity index (χ0) is 15.1. The first-order valence-corrected chi connectivity index (χ1v) is 7.47. The minimum absolute atomic E-state index is 0. The van der Waals surface area contributed by atoms with Crippen LogP contribution in [0.1, 0.15) is 12.8 Å². The number of rotatable bonds is 3. The van der Waals surface area contributed by atoms with Crippen LogP contribution in [0.2, 0.25) is 0 Å². The largest absolute Gasteiger partial charge is 0.469 e. The third-order valence-electron chi connectivity index (χ3n) is 3.91. The number of carbonyl (C=O) groups is 1. The molecule has 7 nitrogen and oxygen atoms in total. The second-order valence-corrected chi connectivity index (χ2v) is 5.28. The Labute approximate surface area is 148 Å². The summed E-state index contributed by atoms with van der Waals surface area (Å²) in [7, 11) is 3.22. The summed E-state index contributed by atoms with van der Waals surface area (Å²) < 4.78 is 15.8. The van der Waals surface area contributed by atoms with Crippen molar-refractivity contribution in [3.8, 4) is 0 Å². The number of methoxy groups -OCH3 is 1. The third-order valence-corrected chi connectivity index (χ3v) is 3.91. The van der Waals surface area contributed by atoms with Gasteiger partial charge in [0.25, 0.3) is 0 Å². The van der Waals surface area contributed by atoms with Gasteiger partial charge in [-0.15, -0.1) is 24.0 Å². The van der Waals surface area contributed by atoms with Crippen LogP contribution < -0.4 is 5.32 Å². The molecule has 0 bridgehead atoms. The second-order valence-electron chi connectivity index (χ2n) is 5.28. The number of nitrogens with one attached hydrogen (secondary N) is 1. The first kappa shape index (κ1) is 19.4. The molecule has 2 heterocycles. The number of piperidine rings is 1. The van der Waals surface area contributed by atoms with Gasteiger partial charge in [-0.3, -0.25) is 9.79 Å². The Morgan fingerprint density at radius 2 is 2.09 bits per heavy atom. The van der Waals surface area contributed by atoms with Gasteiger partial charge in [0.15, 0.2) is 5.96 Å². The number of esters is 1. The molecule has 8 heteroatoms. The van der Waals surface area contributed by atoms with Gasteiger partial charge < -0.3 is 24.4 Å². The number of hydrogen-bond donors (Lipinski definition) is 1. The van der Waals surface area contributed by atoms with Crippen molar-refractivity contribution in [1.29, 1.82) is 0 Å². The van der Waals surface area contributed by atoms with E-state index in [0.717, 1.165) is 31.9 Å². The normalized spacial score (nSPS) is 23.6. The molecule has 0 aromatic rings. The van der Waals surface area contributed by atoms with Crippen molar-refractivity contribution in [2.75, 3.05) is 53.6 Å². The van der Waals surface area contributed by atoms with Gasteiger partial charge in [0.05, 0.1) is 39.0 Å². The molecule has 1 N–H and O–H groups in total. The molecule has 0 radical (unpaired) electrons. The van der Waals surface area contributed by atoms with Crippen molar-refractivity contribution in [1.82, 2.24) is 10.2 Å². The quantitative estimate of drug-likeness (QED) is 0.306. The number of likely N-dealkylation sites (tertiary alicyclic amines) is 1. The summed E-state index contributed by atoms with van der Waals surface area (Å²) in [5.74, 6) is 0.761. The molecule has 128 valence electrons. The van der Waals surface area contributed by atoms with E-state index in [2.05, 4.69) is 15.2 Å². The van der Waals surface area contributed by atoms with Crippen LogP contribution in [-0.2, 0) is 19.0 Å². The van der Waals surface area contributed by atoms with E-state index in [1.54, 1.807) is 7.05 Å². The summed E-state index contributed by atoms with van der Waals surface area (Å²) in [5.41, 5.74) is 0. The minimum atomic E-state index is -0.106. The standard InChI is InChI=1S/C14H25N3O4.HI/c1-15-14(16-9-12-10-20-7-8-21-12)17-5-3-11(4-6-17)13(18)19-2;/h11-12H,3-10H2,1-2H3,(H,15,16);1H. The highest BCUT2D eigenvalue weighted by molar-refractivity contribution is 14.0. The van der Waals surface area contributed by atoms with Gasteiger partial charge in [0.1, 0.15) is 0 Å². The van der Waals surface area contributed by atoms with Crippen LogP contribution in [0.3, 0.4) is 0 Å². The lowest BCUT2D eigenvalue weighted by Crippen LogP contribution is -2.49. The second kappa shape index (κ2) is 10.2. The Morgan fingerprint density at radius 3 is 2.64 bits per heavy atom. The van der Waals surface area contributed by atoms with E-state index in [1.807, 2.05) is 0 Å². The Balaban J connectivity index is 0.00000242. The fraction of sp³-hybridized carbons (Fsp3) is 0.857. The summed E-state index contributed by atoms with van der Waals surface area (Å²) >= 11 is 0. The molecular formula is C14H26IN3O4. The zero-order valence-corrected chi connectivity index (χ0v) is 15.6. The summed E-state index contributed by atoms with van der Waals surface area (Å²) in [6.45, 7) is 4.24. The molecule has 0 amide bonds. The molecule has 1 atom stereocenters. The molecule has 0 aromatic carbocycles. The van der Waals surface area contributed by atoms with Gasteiger partial charge in [-0.05, 0) is 12.8 Å². The summed E-state index contributed by atoms with van der Waals surface area (Å²) in [4.78, 5) is 18.0. The van der Waals surface area contributed by atoms with Crippen molar-refractivity contribution in [2.24, 2.45) is 10.9 Å². The maximum absolute atomic E-state index is 11.5. The van der Waals surface area contributed by atoms with Crippen molar-refractivity contribution in [3.63, 3.8) is 0 Å². The SMILES string of the molecule is CN=C(NCC1COCCO1)N1CCC(C(=O)OC)CC1.I. The van der Waals surface area contributed by atoms with Gasteiger partial charge in [0, 0.05) is 26.7 Å². The maximum atomic E-state index is 11.5. The summed E-state index contributed by atoms with van der Waals surface area (Å²) in [5, 5.41) is 3.32. The molecule has 1 unspecified atom stereocenters. The summed E-state index contributed by atoms with van der Waals surface area (Å²) in [6, 6.07) is 0. The number of guanidine groups is 1. The van der Waals surface area contributed by atoms with Crippen molar-refractivity contribution >= 4 is 35.9 Å². The Bertz CT molecular complexity index is 367.